The van der Waals surface area contributed by atoms with E-state index in [9.17, 15) is 30.6 Å². The van der Waals surface area contributed by atoms with Gasteiger partial charge in [0.25, 0.3) is 0 Å². The standard InChI is InChI=1S/C13H20O4.C13H20O3.C13H18O3/c1-9(14)7-11(15)5-3-10-4-6-12(16)13(8-10)17-2;2*1-3-4-11(14)7-5-10-6-8-12(15)13(9-10)16-2/h4,6,8-9,11,14-16H,3,5,7H2,1-2H3;6,8-9,11,14-15H,3-5,7H2,1-2H3;3-4,6,8-9,11,14-15H,5,7H2,1-2H3/b;;4-3+/t9-,11-;2*11-/m011/s1. The molecule has 0 aromatic heterocycles. The molecule has 0 fully saturated rings. The van der Waals surface area contributed by atoms with Gasteiger partial charge in [0.2, 0.25) is 0 Å². The van der Waals surface area contributed by atoms with E-state index in [1.165, 1.54) is 21.3 Å². The molecule has 0 spiro atoms. The van der Waals surface area contributed by atoms with Crippen molar-refractivity contribution >= 4 is 0 Å². The van der Waals surface area contributed by atoms with Crippen molar-refractivity contribution in [1.29, 1.82) is 0 Å². The van der Waals surface area contributed by atoms with Gasteiger partial charge < -0.3 is 50.0 Å². The number of phenolic OH excluding ortho intramolecular Hbond substituents is 3. The molecule has 0 radical (unpaired) electrons. The fourth-order valence-corrected chi connectivity index (χ4v) is 4.92. The Bertz CT molecular complexity index is 1360. The highest BCUT2D eigenvalue weighted by atomic mass is 16.5. The van der Waals surface area contributed by atoms with Crippen molar-refractivity contribution < 1.29 is 50.0 Å². The van der Waals surface area contributed by atoms with E-state index in [-0.39, 0.29) is 23.4 Å². The molecule has 0 saturated heterocycles. The normalized spacial score (nSPS) is 13.3. The number of allylic oxidation sites excluding steroid dienone is 1. The number of aromatic hydroxyl groups is 3. The highest BCUT2D eigenvalue weighted by Crippen LogP contribution is 2.29. The summed E-state index contributed by atoms with van der Waals surface area (Å²) in [5.74, 6) is 1.80. The van der Waals surface area contributed by atoms with Crippen LogP contribution in [0.4, 0.5) is 0 Å². The van der Waals surface area contributed by atoms with Gasteiger partial charge in [-0.1, -0.05) is 43.7 Å². The van der Waals surface area contributed by atoms with Crippen LogP contribution in [-0.4, -0.2) is 81.5 Å². The van der Waals surface area contributed by atoms with E-state index in [0.29, 0.717) is 42.9 Å². The minimum absolute atomic E-state index is 0.112. The molecule has 4 atom stereocenters. The van der Waals surface area contributed by atoms with Crippen LogP contribution >= 0.6 is 0 Å². The summed E-state index contributed by atoms with van der Waals surface area (Å²) in [6, 6.07) is 15.7. The fourth-order valence-electron chi connectivity index (χ4n) is 4.92. The number of hydrogen-bond acceptors (Lipinski definition) is 10. The molecular formula is C39H58O10. The second kappa shape index (κ2) is 24.2. The van der Waals surface area contributed by atoms with Crippen LogP contribution in [0.3, 0.4) is 0 Å². The van der Waals surface area contributed by atoms with Gasteiger partial charge >= 0.3 is 0 Å². The van der Waals surface area contributed by atoms with E-state index in [1.54, 1.807) is 49.4 Å². The van der Waals surface area contributed by atoms with Crippen LogP contribution in [0.25, 0.3) is 0 Å². The summed E-state index contributed by atoms with van der Waals surface area (Å²) < 4.78 is 15.0. The number of benzene rings is 3. The molecule has 0 aliphatic carbocycles. The zero-order valence-corrected chi connectivity index (χ0v) is 29.9. The van der Waals surface area contributed by atoms with E-state index in [2.05, 4.69) is 6.92 Å². The molecule has 0 unspecified atom stereocenters. The van der Waals surface area contributed by atoms with Crippen molar-refractivity contribution in [3.8, 4) is 34.5 Å². The SMILES string of the molecule is C/C=C/[C@@H](O)CCc1ccc(O)c(OC)c1.CCC[C@@H](O)CCc1ccc(O)c(OC)c1.COc1cc(CC[C@H](O)C[C@H](C)O)ccc1O. The Morgan fingerprint density at radius 3 is 1.33 bits per heavy atom. The maximum atomic E-state index is 9.62. The molecule has 3 aromatic rings. The van der Waals surface area contributed by atoms with E-state index in [0.717, 1.165) is 48.8 Å². The number of rotatable bonds is 17. The summed E-state index contributed by atoms with van der Waals surface area (Å²) >= 11 is 0. The summed E-state index contributed by atoms with van der Waals surface area (Å²) in [5, 5.41) is 66.1. The van der Waals surface area contributed by atoms with Gasteiger partial charge in [0.15, 0.2) is 34.5 Å². The molecule has 0 saturated carbocycles. The van der Waals surface area contributed by atoms with Crippen LogP contribution in [-0.2, 0) is 19.3 Å². The second-order valence-electron chi connectivity index (χ2n) is 11.9. The van der Waals surface area contributed by atoms with E-state index in [4.69, 9.17) is 19.3 Å². The van der Waals surface area contributed by atoms with Crippen molar-refractivity contribution in [3.63, 3.8) is 0 Å². The van der Waals surface area contributed by atoms with Crippen molar-refractivity contribution in [3.05, 3.63) is 83.4 Å². The molecule has 7 N–H and O–H groups in total. The Kier molecular flexibility index (Phi) is 21.3. The molecule has 0 bridgehead atoms. The monoisotopic (exact) mass is 686 g/mol. The first kappa shape index (κ1) is 43.1. The molecule has 0 aliphatic heterocycles. The lowest BCUT2D eigenvalue weighted by molar-refractivity contribution is 0.0854. The summed E-state index contributed by atoms with van der Waals surface area (Å²) in [6.07, 6.45) is 8.43. The van der Waals surface area contributed by atoms with Gasteiger partial charge in [0, 0.05) is 0 Å². The first-order chi connectivity index (χ1) is 23.4. The smallest absolute Gasteiger partial charge is 0.160 e. The molecule has 0 amide bonds. The Morgan fingerprint density at radius 2 is 0.980 bits per heavy atom. The van der Waals surface area contributed by atoms with Gasteiger partial charge in [-0.15, -0.1) is 0 Å². The highest BCUT2D eigenvalue weighted by Gasteiger charge is 2.10. The zero-order chi connectivity index (χ0) is 36.8. The first-order valence-corrected chi connectivity index (χ1v) is 16.8. The molecule has 274 valence electrons. The third-order valence-corrected chi connectivity index (χ3v) is 7.64. The lowest BCUT2D eigenvalue weighted by Crippen LogP contribution is -2.15. The average Bonchev–Trinajstić information content (AvgIpc) is 3.07. The first-order valence-electron chi connectivity index (χ1n) is 16.8. The van der Waals surface area contributed by atoms with Crippen LogP contribution in [0.1, 0.15) is 76.0 Å². The Labute approximate surface area is 291 Å². The Balaban J connectivity index is 0.000000368. The predicted octanol–water partition coefficient (Wildman–Crippen LogP) is 6.23. The Hall–Kier alpha value is -3.96. The van der Waals surface area contributed by atoms with Gasteiger partial charge in [0.05, 0.1) is 45.7 Å². The lowest BCUT2D eigenvalue weighted by Gasteiger charge is -2.12. The number of aliphatic hydroxyl groups is 4. The van der Waals surface area contributed by atoms with Crippen LogP contribution in [0.5, 0.6) is 34.5 Å². The number of hydrogen-bond donors (Lipinski definition) is 7. The summed E-state index contributed by atoms with van der Waals surface area (Å²) in [6.45, 7) is 5.60. The van der Waals surface area contributed by atoms with E-state index < -0.39 is 18.3 Å². The van der Waals surface area contributed by atoms with Crippen molar-refractivity contribution in [2.75, 3.05) is 21.3 Å². The van der Waals surface area contributed by atoms with Crippen LogP contribution in [0, 0.1) is 0 Å². The number of phenols is 3. The molecule has 10 nitrogen and oxygen atoms in total. The van der Waals surface area contributed by atoms with Crippen LogP contribution in [0.15, 0.2) is 66.7 Å². The van der Waals surface area contributed by atoms with Gasteiger partial charge in [-0.25, -0.2) is 0 Å². The van der Waals surface area contributed by atoms with Crippen molar-refractivity contribution in [1.82, 2.24) is 0 Å². The molecule has 3 rings (SSSR count). The molecule has 3 aromatic carbocycles. The summed E-state index contributed by atoms with van der Waals surface area (Å²) in [5.41, 5.74) is 3.10. The average molecular weight is 687 g/mol. The Morgan fingerprint density at radius 1 is 0.592 bits per heavy atom. The van der Waals surface area contributed by atoms with Crippen molar-refractivity contribution in [2.24, 2.45) is 0 Å². The number of ether oxygens (including phenoxy) is 3. The number of methoxy groups -OCH3 is 3. The quantitative estimate of drug-likeness (QED) is 0.0809. The van der Waals surface area contributed by atoms with Gasteiger partial charge in [-0.05, 0) is 118 Å². The van der Waals surface area contributed by atoms with Gasteiger partial charge in [-0.2, -0.15) is 0 Å². The number of aliphatic hydroxyl groups excluding tert-OH is 4. The number of aryl methyl sites for hydroxylation is 3. The summed E-state index contributed by atoms with van der Waals surface area (Å²) in [7, 11) is 4.55. The minimum atomic E-state index is -0.505. The fraction of sp³-hybridized carbons (Fsp3) is 0.487. The molecule has 0 aliphatic rings. The topological polar surface area (TPSA) is 169 Å². The minimum Gasteiger partial charge on any atom is -0.504 e. The van der Waals surface area contributed by atoms with Gasteiger partial charge in [0.1, 0.15) is 0 Å². The molecule has 10 heteroatoms. The largest absolute Gasteiger partial charge is 0.504 e. The third kappa shape index (κ3) is 17.8. The summed E-state index contributed by atoms with van der Waals surface area (Å²) in [4.78, 5) is 0. The van der Waals surface area contributed by atoms with Crippen LogP contribution < -0.4 is 14.2 Å². The maximum Gasteiger partial charge on any atom is 0.160 e. The molecular weight excluding hydrogens is 628 g/mol. The van der Waals surface area contributed by atoms with Crippen molar-refractivity contribution in [2.45, 2.75) is 103 Å². The lowest BCUT2D eigenvalue weighted by atomic mass is 10.0. The van der Waals surface area contributed by atoms with E-state index >= 15 is 0 Å². The van der Waals surface area contributed by atoms with Gasteiger partial charge in [-0.3, -0.25) is 0 Å². The van der Waals surface area contributed by atoms with Crippen LogP contribution in [0.2, 0.25) is 0 Å². The zero-order valence-electron chi connectivity index (χ0n) is 29.9. The highest BCUT2D eigenvalue weighted by molar-refractivity contribution is 5.43. The second-order valence-corrected chi connectivity index (χ2v) is 11.9. The molecule has 0 heterocycles. The molecule has 49 heavy (non-hydrogen) atoms. The predicted molar refractivity (Wildman–Crippen MR) is 193 cm³/mol. The third-order valence-electron chi connectivity index (χ3n) is 7.64. The van der Waals surface area contributed by atoms with E-state index in [1.807, 2.05) is 31.2 Å². The maximum absolute atomic E-state index is 9.62.